The van der Waals surface area contributed by atoms with E-state index in [0.29, 0.717) is 28.8 Å². The summed E-state index contributed by atoms with van der Waals surface area (Å²) in [6.07, 6.45) is -1.13. The molecule has 4 aromatic rings. The molecular weight excluding hydrogens is 529 g/mol. The van der Waals surface area contributed by atoms with E-state index in [1.807, 2.05) is 7.05 Å². The van der Waals surface area contributed by atoms with Crippen molar-refractivity contribution in [3.63, 3.8) is 0 Å². The molecule has 2 aromatic carbocycles. The Labute approximate surface area is 227 Å². The number of aliphatic hydroxyl groups excluding tert-OH is 1. The molecule has 5 rings (SSSR count). The molecule has 1 aliphatic heterocycles. The number of piperidine rings is 1. The Morgan fingerprint density at radius 2 is 1.95 bits per heavy atom. The largest absolute Gasteiger partial charge is 0.439 e. The topological polar surface area (TPSA) is 87.6 Å². The average molecular weight is 557 g/mol. The molecule has 204 valence electrons. The lowest BCUT2D eigenvalue weighted by Gasteiger charge is -2.29. The van der Waals surface area contributed by atoms with Crippen molar-refractivity contribution in [1.82, 2.24) is 14.9 Å². The van der Waals surface area contributed by atoms with Gasteiger partial charge in [0.1, 0.15) is 12.1 Å². The molecule has 0 saturated carbocycles. The van der Waals surface area contributed by atoms with E-state index in [4.69, 9.17) is 4.74 Å². The molecular formula is C28H27F3N4O3S. The van der Waals surface area contributed by atoms with Gasteiger partial charge < -0.3 is 20.1 Å². The fraction of sp³-hybridized carbons (Fsp3) is 0.321. The summed E-state index contributed by atoms with van der Waals surface area (Å²) in [6.45, 7) is 1.52. The van der Waals surface area contributed by atoms with E-state index >= 15 is 0 Å². The van der Waals surface area contributed by atoms with Crippen LogP contribution in [0.2, 0.25) is 0 Å². The number of carbonyl (C=O) groups excluding carboxylic acids is 1. The number of hydrogen-bond acceptors (Lipinski definition) is 7. The van der Waals surface area contributed by atoms with Crippen LogP contribution in [0.3, 0.4) is 0 Å². The number of anilines is 1. The molecule has 1 amide bonds. The van der Waals surface area contributed by atoms with Crippen molar-refractivity contribution in [3.8, 4) is 11.6 Å². The average Bonchev–Trinajstić information content (AvgIpc) is 3.34. The second kappa shape index (κ2) is 11.3. The van der Waals surface area contributed by atoms with Crippen molar-refractivity contribution in [2.75, 3.05) is 25.5 Å². The van der Waals surface area contributed by atoms with Gasteiger partial charge in [0.25, 0.3) is 5.91 Å². The maximum atomic E-state index is 13.9. The van der Waals surface area contributed by atoms with Crippen molar-refractivity contribution in [2.24, 2.45) is 5.92 Å². The fourth-order valence-corrected chi connectivity index (χ4v) is 5.73. The summed E-state index contributed by atoms with van der Waals surface area (Å²) < 4.78 is 48.4. The highest BCUT2D eigenvalue weighted by atomic mass is 32.1. The van der Waals surface area contributed by atoms with Crippen LogP contribution in [-0.2, 0) is 19.2 Å². The summed E-state index contributed by atoms with van der Waals surface area (Å²) in [5.41, 5.74) is 0.431. The lowest BCUT2D eigenvalue weighted by atomic mass is 9.88. The second-order valence-electron chi connectivity index (χ2n) is 9.69. The zero-order chi connectivity index (χ0) is 27.6. The number of amides is 1. The van der Waals surface area contributed by atoms with Crippen LogP contribution in [0.4, 0.5) is 18.9 Å². The Hall–Kier alpha value is -3.54. The molecule has 2 N–H and O–H groups in total. The summed E-state index contributed by atoms with van der Waals surface area (Å²) in [7, 11) is 2.02. The van der Waals surface area contributed by atoms with Crippen LogP contribution in [0.5, 0.6) is 11.6 Å². The molecule has 0 bridgehead atoms. The summed E-state index contributed by atoms with van der Waals surface area (Å²) in [4.78, 5) is 23.2. The fourth-order valence-electron chi connectivity index (χ4n) is 4.76. The Morgan fingerprint density at radius 1 is 1.15 bits per heavy atom. The minimum Gasteiger partial charge on any atom is -0.439 e. The van der Waals surface area contributed by atoms with Gasteiger partial charge in [-0.25, -0.2) is 9.97 Å². The van der Waals surface area contributed by atoms with Gasteiger partial charge >= 0.3 is 6.18 Å². The number of halogens is 3. The van der Waals surface area contributed by atoms with E-state index in [9.17, 15) is 23.1 Å². The van der Waals surface area contributed by atoms with E-state index in [0.717, 1.165) is 36.7 Å². The molecule has 0 atom stereocenters. The first-order chi connectivity index (χ1) is 18.7. The van der Waals surface area contributed by atoms with Gasteiger partial charge in [0.05, 0.1) is 23.4 Å². The standard InChI is InChI=1S/C28H27F3N4O3S/c1-35-8-6-17(7-9-35)10-18-2-3-19(11-24(18)28(29,30)31)34-27(37)23-15-39-25-13-21(4-5-22(23)25)38-26-12-20(14-36)32-16-33-26/h2-5,11-13,15-17,36H,6-10,14H2,1H3,(H,34,37). The van der Waals surface area contributed by atoms with Crippen molar-refractivity contribution in [1.29, 1.82) is 0 Å². The van der Waals surface area contributed by atoms with Crippen molar-refractivity contribution in [2.45, 2.75) is 32.0 Å². The van der Waals surface area contributed by atoms with Gasteiger partial charge in [0.15, 0.2) is 0 Å². The summed E-state index contributed by atoms with van der Waals surface area (Å²) in [5.74, 6) is 0.464. The van der Waals surface area contributed by atoms with E-state index in [-0.39, 0.29) is 29.7 Å². The monoisotopic (exact) mass is 556 g/mol. The SMILES string of the molecule is CN1CCC(Cc2ccc(NC(=O)c3csc4cc(Oc5cc(CO)ncn5)ccc34)cc2C(F)(F)F)CC1. The van der Waals surface area contributed by atoms with Gasteiger partial charge in [-0.1, -0.05) is 6.07 Å². The number of aliphatic hydroxyl groups is 1. The van der Waals surface area contributed by atoms with E-state index in [1.165, 1.54) is 29.8 Å². The number of alkyl halides is 3. The summed E-state index contributed by atoms with van der Waals surface area (Å²) >= 11 is 1.32. The molecule has 0 spiro atoms. The number of nitrogens with one attached hydrogen (secondary N) is 1. The minimum absolute atomic E-state index is 0.0993. The number of fused-ring (bicyclic) bond motifs is 1. The van der Waals surface area contributed by atoms with Crippen LogP contribution in [0.15, 0.2) is 54.2 Å². The predicted molar refractivity (Wildman–Crippen MR) is 143 cm³/mol. The number of aromatic nitrogens is 2. The van der Waals surface area contributed by atoms with Crippen molar-refractivity contribution >= 4 is 33.0 Å². The minimum atomic E-state index is -4.52. The quantitative estimate of drug-likeness (QED) is 0.285. The highest BCUT2D eigenvalue weighted by Crippen LogP contribution is 2.37. The summed E-state index contributed by atoms with van der Waals surface area (Å²) in [6, 6.07) is 10.7. The third kappa shape index (κ3) is 6.38. The van der Waals surface area contributed by atoms with Crippen LogP contribution in [0, 0.1) is 5.92 Å². The maximum absolute atomic E-state index is 13.9. The van der Waals surface area contributed by atoms with Crippen LogP contribution in [-0.4, -0.2) is 46.0 Å². The number of hydrogen-bond donors (Lipinski definition) is 2. The molecule has 0 unspecified atom stereocenters. The number of nitrogens with zero attached hydrogens (tertiary/aromatic N) is 3. The molecule has 11 heteroatoms. The van der Waals surface area contributed by atoms with Gasteiger partial charge in [-0.05, 0) is 81.2 Å². The number of rotatable bonds is 7. The number of thiophene rings is 1. The molecule has 1 saturated heterocycles. The predicted octanol–water partition coefficient (Wildman–Crippen LogP) is 6.13. The molecule has 1 aliphatic rings. The zero-order valence-electron chi connectivity index (χ0n) is 21.2. The number of benzene rings is 2. The Kier molecular flexibility index (Phi) is 7.83. The van der Waals surface area contributed by atoms with Crippen LogP contribution in [0.25, 0.3) is 10.1 Å². The highest BCUT2D eigenvalue weighted by molar-refractivity contribution is 7.17. The molecule has 39 heavy (non-hydrogen) atoms. The van der Waals surface area contributed by atoms with Gasteiger partial charge in [0.2, 0.25) is 5.88 Å². The van der Waals surface area contributed by atoms with Gasteiger partial charge in [-0.15, -0.1) is 11.3 Å². The molecule has 0 aliphatic carbocycles. The molecule has 0 radical (unpaired) electrons. The van der Waals surface area contributed by atoms with Crippen LogP contribution in [0.1, 0.15) is 40.0 Å². The first kappa shape index (κ1) is 27.0. The Morgan fingerprint density at radius 3 is 2.69 bits per heavy atom. The Balaban J connectivity index is 1.32. The van der Waals surface area contributed by atoms with Crippen molar-refractivity contribution in [3.05, 3.63) is 76.6 Å². The Bertz CT molecular complexity index is 1480. The molecule has 7 nitrogen and oxygen atoms in total. The zero-order valence-corrected chi connectivity index (χ0v) is 22.0. The van der Waals surface area contributed by atoms with Gasteiger partial charge in [-0.3, -0.25) is 4.79 Å². The third-order valence-corrected chi connectivity index (χ3v) is 7.84. The van der Waals surface area contributed by atoms with Gasteiger partial charge in [-0.2, -0.15) is 13.2 Å². The normalized spacial score (nSPS) is 15.0. The first-order valence-corrected chi connectivity index (χ1v) is 13.4. The summed E-state index contributed by atoms with van der Waals surface area (Å²) in [5, 5.41) is 14.2. The maximum Gasteiger partial charge on any atom is 0.416 e. The number of ether oxygens (including phenoxy) is 1. The lowest BCUT2D eigenvalue weighted by molar-refractivity contribution is -0.138. The second-order valence-corrected chi connectivity index (χ2v) is 10.6. The number of likely N-dealkylation sites (tertiary alicyclic amines) is 1. The van der Waals surface area contributed by atoms with E-state index in [2.05, 4.69) is 20.2 Å². The lowest BCUT2D eigenvalue weighted by Crippen LogP contribution is -2.31. The van der Waals surface area contributed by atoms with Gasteiger partial charge in [0, 0.05) is 27.2 Å². The van der Waals surface area contributed by atoms with Crippen molar-refractivity contribution < 1.29 is 27.8 Å². The number of carbonyl (C=O) groups is 1. The van der Waals surface area contributed by atoms with E-state index in [1.54, 1.807) is 29.6 Å². The van der Waals surface area contributed by atoms with E-state index < -0.39 is 17.6 Å². The molecule has 2 aromatic heterocycles. The smallest absolute Gasteiger partial charge is 0.416 e. The van der Waals surface area contributed by atoms with Crippen LogP contribution < -0.4 is 10.1 Å². The van der Waals surface area contributed by atoms with Crippen LogP contribution >= 0.6 is 11.3 Å². The first-order valence-electron chi connectivity index (χ1n) is 12.5. The third-order valence-electron chi connectivity index (χ3n) is 6.89. The molecule has 3 heterocycles. The molecule has 1 fully saturated rings. The highest BCUT2D eigenvalue weighted by Gasteiger charge is 2.34.